The van der Waals surface area contributed by atoms with Crippen LogP contribution in [-0.4, -0.2) is 56.6 Å². The first-order valence-electron chi connectivity index (χ1n) is 6.33. The van der Waals surface area contributed by atoms with Crippen LogP contribution in [0.25, 0.3) is 0 Å². The molecule has 1 aliphatic rings. The van der Waals surface area contributed by atoms with Gasteiger partial charge in [0.15, 0.2) is 0 Å². The minimum atomic E-state index is -3.30. The van der Waals surface area contributed by atoms with Gasteiger partial charge in [-0.2, -0.15) is 0 Å². The maximum atomic E-state index is 12.0. The van der Waals surface area contributed by atoms with Crippen LogP contribution in [0.1, 0.15) is 26.7 Å². The molecule has 0 aliphatic carbocycles. The van der Waals surface area contributed by atoms with Gasteiger partial charge in [-0.3, -0.25) is 14.5 Å². The third kappa shape index (κ3) is 3.99. The van der Waals surface area contributed by atoms with Gasteiger partial charge in [0.25, 0.3) is 0 Å². The molecule has 1 fully saturated rings. The standard InChI is InChI=1S/C11H21N3O4S/c1-4-8(2)14-10(15)7-9(11(14)16)13-5-6-19(17,18)12-3/h8-9,12-13H,4-7H2,1-3H3. The minimum Gasteiger partial charge on any atom is -0.304 e. The van der Waals surface area contributed by atoms with E-state index in [9.17, 15) is 18.0 Å². The summed E-state index contributed by atoms with van der Waals surface area (Å²) in [6, 6.07) is -0.721. The SMILES string of the molecule is CCC(C)N1C(=O)CC(NCCS(=O)(=O)NC)C1=O. The van der Waals surface area contributed by atoms with Gasteiger partial charge in [0, 0.05) is 12.6 Å². The number of carbonyl (C=O) groups excluding carboxylic acids is 2. The van der Waals surface area contributed by atoms with E-state index in [1.165, 1.54) is 11.9 Å². The van der Waals surface area contributed by atoms with Gasteiger partial charge in [-0.05, 0) is 20.4 Å². The molecule has 0 aromatic carbocycles. The lowest BCUT2D eigenvalue weighted by Gasteiger charge is -2.21. The Morgan fingerprint density at radius 1 is 1.42 bits per heavy atom. The molecule has 0 spiro atoms. The maximum absolute atomic E-state index is 12.0. The fraction of sp³-hybridized carbons (Fsp3) is 0.818. The molecule has 0 bridgehead atoms. The summed E-state index contributed by atoms with van der Waals surface area (Å²) in [4.78, 5) is 25.0. The topological polar surface area (TPSA) is 95.6 Å². The van der Waals surface area contributed by atoms with Crippen LogP contribution in [-0.2, 0) is 19.6 Å². The number of carbonyl (C=O) groups is 2. The molecular formula is C11H21N3O4S. The third-order valence-electron chi connectivity index (χ3n) is 3.29. The van der Waals surface area contributed by atoms with E-state index >= 15 is 0 Å². The van der Waals surface area contributed by atoms with E-state index in [2.05, 4.69) is 10.0 Å². The van der Waals surface area contributed by atoms with Crippen molar-refractivity contribution in [1.82, 2.24) is 14.9 Å². The summed E-state index contributed by atoms with van der Waals surface area (Å²) in [5.41, 5.74) is 0. The summed E-state index contributed by atoms with van der Waals surface area (Å²) in [6.45, 7) is 3.87. The molecule has 2 atom stereocenters. The smallest absolute Gasteiger partial charge is 0.247 e. The van der Waals surface area contributed by atoms with Crippen LogP contribution < -0.4 is 10.0 Å². The zero-order valence-electron chi connectivity index (χ0n) is 11.5. The summed E-state index contributed by atoms with van der Waals surface area (Å²) < 4.78 is 24.6. The lowest BCUT2D eigenvalue weighted by molar-refractivity contribution is -0.141. The lowest BCUT2D eigenvalue weighted by atomic mass is 10.2. The molecule has 1 heterocycles. The van der Waals surface area contributed by atoms with Crippen LogP contribution in [0.3, 0.4) is 0 Å². The summed E-state index contributed by atoms with van der Waals surface area (Å²) in [6.07, 6.45) is 0.807. The highest BCUT2D eigenvalue weighted by atomic mass is 32.2. The van der Waals surface area contributed by atoms with Crippen molar-refractivity contribution < 1.29 is 18.0 Å². The van der Waals surface area contributed by atoms with Gasteiger partial charge >= 0.3 is 0 Å². The van der Waals surface area contributed by atoms with E-state index in [0.29, 0.717) is 6.42 Å². The second-order valence-electron chi connectivity index (χ2n) is 4.59. The predicted molar refractivity (Wildman–Crippen MR) is 70.9 cm³/mol. The Labute approximate surface area is 113 Å². The van der Waals surface area contributed by atoms with Crippen LogP contribution >= 0.6 is 0 Å². The van der Waals surface area contributed by atoms with E-state index in [1.807, 2.05) is 13.8 Å². The summed E-state index contributed by atoms with van der Waals surface area (Å²) in [5, 5.41) is 2.83. The normalized spacial score (nSPS) is 22.1. The van der Waals surface area contributed by atoms with Gasteiger partial charge in [0.2, 0.25) is 21.8 Å². The number of hydrogen-bond donors (Lipinski definition) is 2. The Morgan fingerprint density at radius 3 is 2.58 bits per heavy atom. The number of rotatable bonds is 7. The van der Waals surface area contributed by atoms with Gasteiger partial charge in [0.05, 0.1) is 18.2 Å². The van der Waals surface area contributed by atoms with Gasteiger partial charge in [-0.25, -0.2) is 13.1 Å². The molecule has 19 heavy (non-hydrogen) atoms. The second-order valence-corrected chi connectivity index (χ2v) is 6.64. The Hall–Kier alpha value is -0.990. The maximum Gasteiger partial charge on any atom is 0.247 e. The van der Waals surface area contributed by atoms with Crippen molar-refractivity contribution in [3.8, 4) is 0 Å². The van der Waals surface area contributed by atoms with E-state index in [-0.39, 0.29) is 36.6 Å². The first-order chi connectivity index (χ1) is 8.82. The molecule has 0 saturated carbocycles. The quantitative estimate of drug-likeness (QED) is 0.590. The highest BCUT2D eigenvalue weighted by Gasteiger charge is 2.40. The molecule has 0 radical (unpaired) electrons. The molecule has 110 valence electrons. The van der Waals surface area contributed by atoms with Crippen molar-refractivity contribution in [3.05, 3.63) is 0 Å². The van der Waals surface area contributed by atoms with Crippen molar-refractivity contribution in [2.75, 3.05) is 19.3 Å². The Kier molecular flexibility index (Phi) is 5.45. The molecule has 1 aliphatic heterocycles. The van der Waals surface area contributed by atoms with Crippen molar-refractivity contribution in [2.45, 2.75) is 38.8 Å². The first-order valence-corrected chi connectivity index (χ1v) is 7.98. The van der Waals surface area contributed by atoms with E-state index in [4.69, 9.17) is 0 Å². The van der Waals surface area contributed by atoms with Crippen LogP contribution in [0.5, 0.6) is 0 Å². The van der Waals surface area contributed by atoms with Crippen molar-refractivity contribution in [2.24, 2.45) is 0 Å². The molecule has 1 rings (SSSR count). The Bertz CT molecular complexity index is 449. The largest absolute Gasteiger partial charge is 0.304 e. The molecule has 8 heteroatoms. The van der Waals surface area contributed by atoms with Crippen LogP contribution in [0.2, 0.25) is 0 Å². The molecule has 7 nitrogen and oxygen atoms in total. The molecule has 2 N–H and O–H groups in total. The highest BCUT2D eigenvalue weighted by Crippen LogP contribution is 2.17. The summed E-state index contributed by atoms with van der Waals surface area (Å²) in [7, 11) is -1.96. The van der Waals surface area contributed by atoms with Crippen LogP contribution in [0, 0.1) is 0 Å². The lowest BCUT2D eigenvalue weighted by Crippen LogP contribution is -2.44. The molecule has 0 aromatic rings. The number of imide groups is 1. The number of amides is 2. The average molecular weight is 291 g/mol. The van der Waals surface area contributed by atoms with Gasteiger partial charge in [-0.1, -0.05) is 6.92 Å². The Balaban J connectivity index is 2.54. The van der Waals surface area contributed by atoms with Gasteiger partial charge < -0.3 is 5.32 Å². The van der Waals surface area contributed by atoms with E-state index < -0.39 is 16.1 Å². The van der Waals surface area contributed by atoms with E-state index in [1.54, 1.807) is 0 Å². The monoisotopic (exact) mass is 291 g/mol. The number of nitrogens with one attached hydrogen (secondary N) is 2. The third-order valence-corrected chi connectivity index (χ3v) is 4.65. The highest BCUT2D eigenvalue weighted by molar-refractivity contribution is 7.89. The Morgan fingerprint density at radius 2 is 2.05 bits per heavy atom. The van der Waals surface area contributed by atoms with Crippen LogP contribution in [0.4, 0.5) is 0 Å². The molecular weight excluding hydrogens is 270 g/mol. The summed E-state index contributed by atoms with van der Waals surface area (Å²) >= 11 is 0. The van der Waals surface area contributed by atoms with Crippen molar-refractivity contribution in [3.63, 3.8) is 0 Å². The van der Waals surface area contributed by atoms with Crippen molar-refractivity contribution in [1.29, 1.82) is 0 Å². The van der Waals surface area contributed by atoms with E-state index in [0.717, 1.165) is 0 Å². The first kappa shape index (κ1) is 16.1. The predicted octanol–water partition coefficient (Wildman–Crippen LogP) is -0.949. The van der Waals surface area contributed by atoms with Gasteiger partial charge in [0.1, 0.15) is 0 Å². The van der Waals surface area contributed by atoms with Crippen molar-refractivity contribution >= 4 is 21.8 Å². The fourth-order valence-corrected chi connectivity index (χ4v) is 2.52. The number of sulfonamides is 1. The fourth-order valence-electron chi connectivity index (χ4n) is 1.93. The molecule has 0 aromatic heterocycles. The van der Waals surface area contributed by atoms with Gasteiger partial charge in [-0.15, -0.1) is 0 Å². The molecule has 1 saturated heterocycles. The number of likely N-dealkylation sites (tertiary alicyclic amines) is 1. The summed E-state index contributed by atoms with van der Waals surface area (Å²) in [5.74, 6) is -0.584. The molecule has 2 amide bonds. The zero-order valence-corrected chi connectivity index (χ0v) is 12.3. The zero-order chi connectivity index (χ0) is 14.6. The second kappa shape index (κ2) is 6.44. The number of nitrogens with zero attached hydrogens (tertiary/aromatic N) is 1. The number of hydrogen-bond acceptors (Lipinski definition) is 5. The molecule has 2 unspecified atom stereocenters. The van der Waals surface area contributed by atoms with Crippen LogP contribution in [0.15, 0.2) is 0 Å². The minimum absolute atomic E-state index is 0.1000. The average Bonchev–Trinajstić information content (AvgIpc) is 2.64.